The predicted octanol–water partition coefficient (Wildman–Crippen LogP) is 10.0. The normalized spacial score (nSPS) is 11.4. The lowest BCUT2D eigenvalue weighted by Gasteiger charge is -2.09. The van der Waals surface area contributed by atoms with E-state index in [2.05, 4.69) is 54.6 Å². The summed E-state index contributed by atoms with van der Waals surface area (Å²) in [6.07, 6.45) is 3.63. The molecule has 0 atom stereocenters. The molecule has 0 saturated heterocycles. The zero-order chi connectivity index (χ0) is 31.2. The van der Waals surface area contributed by atoms with Crippen LogP contribution in [0.1, 0.15) is 0 Å². The highest BCUT2D eigenvalue weighted by atomic mass is 16.3. The van der Waals surface area contributed by atoms with E-state index < -0.39 is 0 Å². The first-order chi connectivity index (χ1) is 23.3. The molecule has 0 radical (unpaired) electrons. The lowest BCUT2D eigenvalue weighted by Crippen LogP contribution is -2.00. The van der Waals surface area contributed by atoms with E-state index >= 15 is 0 Å². The van der Waals surface area contributed by atoms with Crippen molar-refractivity contribution >= 4 is 32.7 Å². The van der Waals surface area contributed by atoms with Gasteiger partial charge in [0.2, 0.25) is 0 Å². The second-order valence-electron chi connectivity index (χ2n) is 11.3. The Kier molecular flexibility index (Phi) is 6.35. The summed E-state index contributed by atoms with van der Waals surface area (Å²) < 4.78 is 6.40. The molecule has 47 heavy (non-hydrogen) atoms. The standard InChI is InChI=1S/C41H25N5O/c1-3-10-28(11-4-1)39-44-40(29-12-5-2-6-13-29)46-41(45-39)30-17-15-26(16-18-30)31-19-20-33-35(25-31)47-34-22-24-43-38(36(33)34)37-32-14-8-7-9-27(32)21-23-42-37/h1-25H. The lowest BCUT2D eigenvalue weighted by atomic mass is 10.0. The number of rotatable bonds is 5. The van der Waals surface area contributed by atoms with Gasteiger partial charge < -0.3 is 4.42 Å². The van der Waals surface area contributed by atoms with Crippen molar-refractivity contribution in [1.82, 2.24) is 24.9 Å². The highest BCUT2D eigenvalue weighted by Gasteiger charge is 2.17. The fourth-order valence-electron chi connectivity index (χ4n) is 6.14. The SMILES string of the molecule is c1ccc(-c2nc(-c3ccccc3)nc(-c3ccc(-c4ccc5c(c4)oc4ccnc(-c6nccc7ccccc67)c45)cc3)n2)cc1. The summed E-state index contributed by atoms with van der Waals surface area (Å²) in [4.78, 5) is 24.1. The van der Waals surface area contributed by atoms with Crippen molar-refractivity contribution in [3.05, 3.63) is 152 Å². The molecule has 4 aromatic heterocycles. The fourth-order valence-corrected chi connectivity index (χ4v) is 6.14. The number of hydrogen-bond donors (Lipinski definition) is 0. The summed E-state index contributed by atoms with van der Waals surface area (Å²) in [6.45, 7) is 0. The molecule has 0 bridgehead atoms. The Bertz CT molecular complexity index is 2500. The van der Waals surface area contributed by atoms with Gasteiger partial charge in [0.25, 0.3) is 0 Å². The second-order valence-corrected chi connectivity index (χ2v) is 11.3. The molecular formula is C41H25N5O. The van der Waals surface area contributed by atoms with Crippen LogP contribution in [-0.4, -0.2) is 24.9 Å². The maximum absolute atomic E-state index is 6.40. The molecule has 0 saturated carbocycles. The molecular weight excluding hydrogens is 578 g/mol. The third-order valence-corrected chi connectivity index (χ3v) is 8.46. The number of fused-ring (bicyclic) bond motifs is 4. The topological polar surface area (TPSA) is 77.6 Å². The average molecular weight is 604 g/mol. The fraction of sp³-hybridized carbons (Fsp3) is 0. The minimum atomic E-state index is 0.624. The monoisotopic (exact) mass is 603 g/mol. The van der Waals surface area contributed by atoms with E-state index in [9.17, 15) is 0 Å². The van der Waals surface area contributed by atoms with Crippen LogP contribution in [0.25, 0.3) is 89.4 Å². The van der Waals surface area contributed by atoms with Gasteiger partial charge in [0, 0.05) is 39.9 Å². The Morgan fingerprint density at radius 1 is 0.383 bits per heavy atom. The lowest BCUT2D eigenvalue weighted by molar-refractivity contribution is 0.668. The molecule has 6 nitrogen and oxygen atoms in total. The van der Waals surface area contributed by atoms with Crippen LogP contribution >= 0.6 is 0 Å². The van der Waals surface area contributed by atoms with Gasteiger partial charge in [0.05, 0.1) is 11.1 Å². The van der Waals surface area contributed by atoms with Gasteiger partial charge in [0.1, 0.15) is 16.9 Å². The van der Waals surface area contributed by atoms with Crippen LogP contribution in [0.5, 0.6) is 0 Å². The van der Waals surface area contributed by atoms with E-state index in [0.717, 1.165) is 71.9 Å². The van der Waals surface area contributed by atoms with E-state index in [1.807, 2.05) is 91.1 Å². The van der Waals surface area contributed by atoms with Crippen molar-refractivity contribution in [2.45, 2.75) is 0 Å². The Hall–Kier alpha value is -6.53. The van der Waals surface area contributed by atoms with E-state index in [-0.39, 0.29) is 0 Å². The Morgan fingerprint density at radius 3 is 1.64 bits per heavy atom. The maximum Gasteiger partial charge on any atom is 0.164 e. The number of hydrogen-bond acceptors (Lipinski definition) is 6. The molecule has 5 aromatic carbocycles. The first-order valence-corrected chi connectivity index (χ1v) is 15.4. The molecule has 6 heteroatoms. The summed E-state index contributed by atoms with van der Waals surface area (Å²) in [6, 6.07) is 46.9. The van der Waals surface area contributed by atoms with Gasteiger partial charge in [-0.25, -0.2) is 15.0 Å². The molecule has 9 aromatic rings. The van der Waals surface area contributed by atoms with Crippen LogP contribution in [0.4, 0.5) is 0 Å². The summed E-state index contributed by atoms with van der Waals surface area (Å²) in [5.41, 5.74) is 8.15. The van der Waals surface area contributed by atoms with Crippen molar-refractivity contribution in [2.75, 3.05) is 0 Å². The Balaban J connectivity index is 1.10. The molecule has 0 unspecified atom stereocenters. The van der Waals surface area contributed by atoms with Crippen LogP contribution in [0, 0.1) is 0 Å². The molecule has 0 amide bonds. The van der Waals surface area contributed by atoms with Crippen LogP contribution in [0.2, 0.25) is 0 Å². The molecule has 0 aliphatic rings. The van der Waals surface area contributed by atoms with Gasteiger partial charge in [-0.1, -0.05) is 115 Å². The number of furan rings is 1. The van der Waals surface area contributed by atoms with Gasteiger partial charge in [-0.2, -0.15) is 0 Å². The van der Waals surface area contributed by atoms with Gasteiger partial charge in [0.15, 0.2) is 17.5 Å². The highest BCUT2D eigenvalue weighted by molar-refractivity contribution is 6.13. The van der Waals surface area contributed by atoms with Crippen LogP contribution in [0.3, 0.4) is 0 Å². The molecule has 4 heterocycles. The third kappa shape index (κ3) is 4.80. The van der Waals surface area contributed by atoms with Gasteiger partial charge >= 0.3 is 0 Å². The van der Waals surface area contributed by atoms with Gasteiger partial charge in [-0.3, -0.25) is 9.97 Å². The number of nitrogens with zero attached hydrogens (tertiary/aromatic N) is 5. The third-order valence-electron chi connectivity index (χ3n) is 8.46. The summed E-state index contributed by atoms with van der Waals surface area (Å²) in [7, 11) is 0. The second kappa shape index (κ2) is 11.1. The summed E-state index contributed by atoms with van der Waals surface area (Å²) >= 11 is 0. The molecule has 0 aliphatic heterocycles. The van der Waals surface area contributed by atoms with Crippen LogP contribution < -0.4 is 0 Å². The van der Waals surface area contributed by atoms with E-state index in [0.29, 0.717) is 17.5 Å². The Morgan fingerprint density at radius 2 is 0.936 bits per heavy atom. The number of benzene rings is 5. The average Bonchev–Trinajstić information content (AvgIpc) is 3.53. The molecule has 220 valence electrons. The molecule has 9 rings (SSSR count). The quantitative estimate of drug-likeness (QED) is 0.195. The summed E-state index contributed by atoms with van der Waals surface area (Å²) in [5.74, 6) is 1.90. The minimum absolute atomic E-state index is 0.624. The first-order valence-electron chi connectivity index (χ1n) is 15.4. The van der Waals surface area contributed by atoms with Crippen molar-refractivity contribution < 1.29 is 4.42 Å². The zero-order valence-electron chi connectivity index (χ0n) is 25.1. The number of pyridine rings is 2. The number of aromatic nitrogens is 5. The zero-order valence-corrected chi connectivity index (χ0v) is 25.1. The van der Waals surface area contributed by atoms with E-state index in [1.165, 1.54) is 0 Å². The first kappa shape index (κ1) is 26.8. The Labute approximate surface area is 270 Å². The van der Waals surface area contributed by atoms with Gasteiger partial charge in [-0.15, -0.1) is 0 Å². The van der Waals surface area contributed by atoms with E-state index in [1.54, 1.807) is 6.20 Å². The maximum atomic E-state index is 6.40. The van der Waals surface area contributed by atoms with Crippen molar-refractivity contribution in [2.24, 2.45) is 0 Å². The molecule has 0 fully saturated rings. The van der Waals surface area contributed by atoms with Crippen LogP contribution in [0.15, 0.2) is 156 Å². The van der Waals surface area contributed by atoms with E-state index in [4.69, 9.17) is 29.3 Å². The summed E-state index contributed by atoms with van der Waals surface area (Å²) in [5, 5.41) is 4.15. The van der Waals surface area contributed by atoms with Crippen molar-refractivity contribution in [1.29, 1.82) is 0 Å². The van der Waals surface area contributed by atoms with Gasteiger partial charge in [-0.05, 0) is 40.8 Å². The molecule has 0 spiro atoms. The highest BCUT2D eigenvalue weighted by Crippen LogP contribution is 2.38. The predicted molar refractivity (Wildman–Crippen MR) is 187 cm³/mol. The van der Waals surface area contributed by atoms with Crippen molar-refractivity contribution in [3.63, 3.8) is 0 Å². The van der Waals surface area contributed by atoms with Crippen molar-refractivity contribution in [3.8, 4) is 56.7 Å². The molecule has 0 N–H and O–H groups in total. The molecule has 0 aliphatic carbocycles. The minimum Gasteiger partial charge on any atom is -0.456 e. The smallest absolute Gasteiger partial charge is 0.164 e. The van der Waals surface area contributed by atoms with Crippen LogP contribution in [-0.2, 0) is 0 Å². The largest absolute Gasteiger partial charge is 0.456 e.